The van der Waals surface area contributed by atoms with Gasteiger partial charge in [-0.1, -0.05) is 24.3 Å². The van der Waals surface area contributed by atoms with Crippen molar-refractivity contribution >= 4 is 39.2 Å². The summed E-state index contributed by atoms with van der Waals surface area (Å²) in [7, 11) is 0. The minimum absolute atomic E-state index is 0.0274. The number of anilines is 1. The molecule has 1 amide bonds. The Kier molecular flexibility index (Phi) is 3.73. The van der Waals surface area contributed by atoms with Gasteiger partial charge < -0.3 is 18.9 Å². The normalized spacial score (nSPS) is 14.7. The van der Waals surface area contributed by atoms with Gasteiger partial charge >= 0.3 is 11.3 Å². The third kappa shape index (κ3) is 2.32. The molecule has 10 nitrogen and oxygen atoms in total. The molecule has 36 heavy (non-hydrogen) atoms. The molecule has 174 valence electrons. The number of nitrogens with one attached hydrogen (secondary N) is 1. The second-order valence-corrected chi connectivity index (χ2v) is 8.47. The van der Waals surface area contributed by atoms with E-state index < -0.39 is 27.5 Å². The van der Waals surface area contributed by atoms with Gasteiger partial charge in [0.25, 0.3) is 5.69 Å². The lowest BCUT2D eigenvalue weighted by molar-refractivity contribution is -0.384. The van der Waals surface area contributed by atoms with Crippen LogP contribution in [0.4, 0.5) is 11.4 Å². The molecule has 2 aliphatic rings. The first-order valence-corrected chi connectivity index (χ1v) is 10.8. The minimum atomic E-state index is -2.11. The van der Waals surface area contributed by atoms with Gasteiger partial charge in [-0.15, -0.1) is 0 Å². The number of nitro groups is 1. The molecule has 2 aromatic heterocycles. The van der Waals surface area contributed by atoms with Gasteiger partial charge in [0.05, 0.1) is 15.7 Å². The van der Waals surface area contributed by atoms with Crippen LogP contribution in [0.3, 0.4) is 0 Å². The molecule has 0 radical (unpaired) electrons. The van der Waals surface area contributed by atoms with Crippen LogP contribution in [-0.2, 0) is 10.2 Å². The Morgan fingerprint density at radius 3 is 1.89 bits per heavy atom. The van der Waals surface area contributed by atoms with E-state index in [0.717, 1.165) is 0 Å². The molecule has 2 aliphatic heterocycles. The molecule has 0 atom stereocenters. The lowest BCUT2D eigenvalue weighted by Crippen LogP contribution is -2.46. The molecule has 7 rings (SSSR count). The van der Waals surface area contributed by atoms with Crippen LogP contribution < -0.4 is 21.3 Å². The zero-order valence-electron chi connectivity index (χ0n) is 18.1. The first-order chi connectivity index (χ1) is 17.4. The second-order valence-electron chi connectivity index (χ2n) is 8.47. The maximum atomic E-state index is 13.9. The summed E-state index contributed by atoms with van der Waals surface area (Å²) >= 11 is 0. The first kappa shape index (κ1) is 20.2. The van der Waals surface area contributed by atoms with Gasteiger partial charge in [0, 0.05) is 23.4 Å². The number of fused-ring (bicyclic) bond motifs is 10. The van der Waals surface area contributed by atoms with Crippen molar-refractivity contribution in [2.45, 2.75) is 5.41 Å². The molecule has 0 saturated carbocycles. The number of nitro benzene ring substituents is 1. The van der Waals surface area contributed by atoms with E-state index >= 15 is 0 Å². The summed E-state index contributed by atoms with van der Waals surface area (Å²) in [5, 5.41) is 15.1. The molecular formula is C26H12N2O8. The van der Waals surface area contributed by atoms with Crippen molar-refractivity contribution in [3.8, 4) is 11.5 Å². The number of carbonyl (C=O) groups excluding carboxylic acids is 1. The SMILES string of the molecule is O=C1Nc2ccc([N+](=O)[O-])cc2C12c1c(c3ccccc3oc1=O)Oc1c2c(=O)oc2ccccc12. The number of hydrogen-bond donors (Lipinski definition) is 1. The number of nitrogens with zero attached hydrogens (tertiary/aromatic N) is 1. The topological polar surface area (TPSA) is 142 Å². The van der Waals surface area contributed by atoms with E-state index in [-0.39, 0.29) is 50.7 Å². The fourth-order valence-corrected chi connectivity index (χ4v) is 5.23. The zero-order valence-corrected chi connectivity index (χ0v) is 18.1. The number of hydrogen-bond acceptors (Lipinski definition) is 8. The van der Waals surface area contributed by atoms with Crippen molar-refractivity contribution in [1.82, 2.24) is 0 Å². The van der Waals surface area contributed by atoms with Gasteiger partial charge in [0.1, 0.15) is 27.7 Å². The summed E-state index contributed by atoms with van der Waals surface area (Å²) in [5.74, 6) is -0.701. The van der Waals surface area contributed by atoms with Gasteiger partial charge in [-0.3, -0.25) is 14.9 Å². The number of benzene rings is 3. The van der Waals surface area contributed by atoms with Gasteiger partial charge in [-0.25, -0.2) is 9.59 Å². The molecule has 1 spiro atoms. The summed E-state index contributed by atoms with van der Waals surface area (Å²) in [6, 6.07) is 17.0. The molecule has 0 aliphatic carbocycles. The highest BCUT2D eigenvalue weighted by molar-refractivity contribution is 6.14. The summed E-state index contributed by atoms with van der Waals surface area (Å²) in [4.78, 5) is 51.9. The van der Waals surface area contributed by atoms with Crippen molar-refractivity contribution < 1.29 is 23.3 Å². The molecule has 0 unspecified atom stereocenters. The summed E-state index contributed by atoms with van der Waals surface area (Å²) in [5.41, 5.74) is -4.10. The minimum Gasteiger partial charge on any atom is -0.455 e. The Labute approximate surface area is 199 Å². The Bertz CT molecular complexity index is 1850. The lowest BCUT2D eigenvalue weighted by atomic mass is 9.69. The largest absolute Gasteiger partial charge is 0.455 e. The van der Waals surface area contributed by atoms with E-state index in [1.807, 2.05) is 0 Å². The molecule has 1 N–H and O–H groups in total. The molecule has 5 aromatic rings. The smallest absolute Gasteiger partial charge is 0.345 e. The van der Waals surface area contributed by atoms with E-state index in [9.17, 15) is 24.5 Å². The predicted octanol–water partition coefficient (Wildman–Crippen LogP) is 4.20. The van der Waals surface area contributed by atoms with E-state index in [1.54, 1.807) is 48.5 Å². The maximum absolute atomic E-state index is 13.9. The number of non-ortho nitro benzene ring substituents is 1. The van der Waals surface area contributed by atoms with Crippen molar-refractivity contribution in [2.75, 3.05) is 5.32 Å². The molecule has 3 aromatic carbocycles. The van der Waals surface area contributed by atoms with Crippen LogP contribution >= 0.6 is 0 Å². The third-order valence-electron chi connectivity index (χ3n) is 6.69. The number of amides is 1. The van der Waals surface area contributed by atoms with Crippen LogP contribution in [0.15, 0.2) is 85.2 Å². The Balaban J connectivity index is 1.75. The lowest BCUT2D eigenvalue weighted by Gasteiger charge is -2.34. The molecule has 0 fully saturated rings. The van der Waals surface area contributed by atoms with E-state index in [2.05, 4.69) is 5.32 Å². The standard InChI is InChI=1S/C26H12N2O8/c29-23-19-21(13-5-1-3-7-17(13)34-23)36-22-14-6-2-4-8-18(14)35-24(30)20(22)26(19)15-11-12(28(32)33)9-10-16(15)27-25(26)31/h1-11H,(H,27,31). The first-order valence-electron chi connectivity index (χ1n) is 10.8. The average Bonchev–Trinajstić information content (AvgIpc) is 3.15. The number of para-hydroxylation sites is 2. The zero-order chi connectivity index (χ0) is 24.8. The highest BCUT2D eigenvalue weighted by atomic mass is 16.6. The quantitative estimate of drug-likeness (QED) is 0.214. The van der Waals surface area contributed by atoms with Crippen LogP contribution in [0, 0.1) is 10.1 Å². The summed E-state index contributed by atoms with van der Waals surface area (Å²) < 4.78 is 17.4. The maximum Gasteiger partial charge on any atom is 0.345 e. The summed E-state index contributed by atoms with van der Waals surface area (Å²) in [6.07, 6.45) is 0. The Morgan fingerprint density at radius 2 is 1.33 bits per heavy atom. The Hall–Kier alpha value is -5.25. The molecule has 10 heteroatoms. The van der Waals surface area contributed by atoms with Crippen LogP contribution in [0.2, 0.25) is 0 Å². The van der Waals surface area contributed by atoms with E-state index in [1.165, 1.54) is 18.2 Å². The van der Waals surface area contributed by atoms with Crippen molar-refractivity contribution in [2.24, 2.45) is 0 Å². The van der Waals surface area contributed by atoms with Crippen molar-refractivity contribution in [3.05, 3.63) is 114 Å². The highest BCUT2D eigenvalue weighted by Gasteiger charge is 2.60. The van der Waals surface area contributed by atoms with Gasteiger partial charge in [0.15, 0.2) is 11.5 Å². The Morgan fingerprint density at radius 1 is 0.778 bits per heavy atom. The van der Waals surface area contributed by atoms with Crippen LogP contribution in [0.1, 0.15) is 16.7 Å². The fraction of sp³-hybridized carbons (Fsp3) is 0.0385. The third-order valence-corrected chi connectivity index (χ3v) is 6.69. The van der Waals surface area contributed by atoms with Crippen LogP contribution in [-0.4, -0.2) is 10.8 Å². The average molecular weight is 480 g/mol. The van der Waals surface area contributed by atoms with Crippen molar-refractivity contribution in [1.29, 1.82) is 0 Å². The summed E-state index contributed by atoms with van der Waals surface area (Å²) in [6.45, 7) is 0. The number of carbonyl (C=O) groups is 1. The van der Waals surface area contributed by atoms with Gasteiger partial charge in [0.2, 0.25) is 5.91 Å². The predicted molar refractivity (Wildman–Crippen MR) is 127 cm³/mol. The van der Waals surface area contributed by atoms with E-state index in [0.29, 0.717) is 10.8 Å². The van der Waals surface area contributed by atoms with Crippen LogP contribution in [0.5, 0.6) is 11.5 Å². The molecular weight excluding hydrogens is 468 g/mol. The molecule has 4 heterocycles. The van der Waals surface area contributed by atoms with Crippen molar-refractivity contribution in [3.63, 3.8) is 0 Å². The monoisotopic (exact) mass is 480 g/mol. The fourth-order valence-electron chi connectivity index (χ4n) is 5.23. The number of rotatable bonds is 1. The second kappa shape index (κ2) is 6.66. The van der Waals surface area contributed by atoms with Gasteiger partial charge in [-0.05, 0) is 30.3 Å². The molecule has 0 bridgehead atoms. The highest BCUT2D eigenvalue weighted by Crippen LogP contribution is 2.57. The number of ether oxygens (including phenoxy) is 1. The molecule has 0 saturated heterocycles. The van der Waals surface area contributed by atoms with E-state index in [4.69, 9.17) is 13.6 Å². The van der Waals surface area contributed by atoms with Gasteiger partial charge in [-0.2, -0.15) is 0 Å². The van der Waals surface area contributed by atoms with Crippen LogP contribution in [0.25, 0.3) is 21.9 Å².